The number of aliphatic hydroxyl groups excluding tert-OH is 2. The summed E-state index contributed by atoms with van der Waals surface area (Å²) in [6, 6.07) is 0. The van der Waals surface area contributed by atoms with E-state index in [1.165, 1.54) is 43.3 Å². The third kappa shape index (κ3) is 3.28. The van der Waals surface area contributed by atoms with Crippen molar-refractivity contribution in [2.75, 3.05) is 6.61 Å². The molecule has 0 heterocycles. The summed E-state index contributed by atoms with van der Waals surface area (Å²) in [5, 5.41) is 19.6. The summed E-state index contributed by atoms with van der Waals surface area (Å²) < 4.78 is 0. The molecule has 0 bridgehead atoms. The lowest BCUT2D eigenvalue weighted by molar-refractivity contribution is 0.0690. The highest BCUT2D eigenvalue weighted by atomic mass is 16.3. The van der Waals surface area contributed by atoms with Crippen molar-refractivity contribution in [3.8, 4) is 0 Å². The van der Waals surface area contributed by atoms with E-state index in [0.717, 1.165) is 19.3 Å². The largest absolute Gasteiger partial charge is 0.396 e. The lowest BCUT2D eigenvalue weighted by Crippen LogP contribution is -2.36. The summed E-state index contributed by atoms with van der Waals surface area (Å²) in [4.78, 5) is 0. The average Bonchev–Trinajstić information content (AvgIpc) is 2.92. The monoisotopic (exact) mass is 330 g/mol. The molecule has 2 nitrogen and oxygen atoms in total. The molecule has 134 valence electrons. The lowest BCUT2D eigenvalue weighted by Gasteiger charge is -2.44. The van der Waals surface area contributed by atoms with E-state index in [0.29, 0.717) is 29.8 Å². The van der Waals surface area contributed by atoms with Crippen LogP contribution in [0.1, 0.15) is 65.2 Å². The number of rotatable bonds is 3. The highest BCUT2D eigenvalue weighted by Gasteiger charge is 2.50. The van der Waals surface area contributed by atoms with Gasteiger partial charge in [-0.05, 0) is 80.1 Å². The minimum absolute atomic E-state index is 0.196. The van der Waals surface area contributed by atoms with E-state index in [-0.39, 0.29) is 6.10 Å². The Labute approximate surface area is 147 Å². The molecule has 5 atom stereocenters. The minimum atomic E-state index is -0.196. The lowest BCUT2D eigenvalue weighted by atomic mass is 9.61. The van der Waals surface area contributed by atoms with Crippen LogP contribution in [0.2, 0.25) is 0 Å². The zero-order valence-electron chi connectivity index (χ0n) is 15.4. The van der Waals surface area contributed by atoms with Crippen molar-refractivity contribution >= 4 is 0 Å². The highest BCUT2D eigenvalue weighted by Crippen LogP contribution is 2.59. The van der Waals surface area contributed by atoms with Crippen LogP contribution in [0.25, 0.3) is 0 Å². The molecule has 3 aliphatic rings. The first-order valence-electron chi connectivity index (χ1n) is 9.82. The SMILES string of the molecule is C=C1CC[C@H](O)C/C1=C\C=C1/CCC[C@]2(C)[C@@H]([C@H](C)CO)CC[C@@H]12. The molecule has 0 aromatic carbocycles. The topological polar surface area (TPSA) is 40.5 Å². The van der Waals surface area contributed by atoms with Gasteiger partial charge in [0.2, 0.25) is 0 Å². The second kappa shape index (κ2) is 7.17. The quantitative estimate of drug-likeness (QED) is 0.781. The van der Waals surface area contributed by atoms with E-state index in [4.69, 9.17) is 0 Å². The summed E-state index contributed by atoms with van der Waals surface area (Å²) in [6.45, 7) is 9.17. The molecule has 3 rings (SSSR count). The fraction of sp³-hybridized carbons (Fsp3) is 0.727. The Morgan fingerprint density at radius 3 is 2.79 bits per heavy atom. The molecule has 0 amide bonds. The summed E-state index contributed by atoms with van der Waals surface area (Å²) >= 11 is 0. The maximum Gasteiger partial charge on any atom is 0.0583 e. The molecule has 3 aliphatic carbocycles. The zero-order chi connectivity index (χ0) is 17.3. The third-order valence-corrected chi connectivity index (χ3v) is 7.20. The molecule has 2 heteroatoms. The van der Waals surface area contributed by atoms with Crippen LogP contribution in [0.15, 0.2) is 35.5 Å². The summed E-state index contributed by atoms with van der Waals surface area (Å²) in [5.41, 5.74) is 4.39. The maximum absolute atomic E-state index is 9.92. The molecule has 0 aromatic rings. The van der Waals surface area contributed by atoms with Crippen molar-refractivity contribution in [2.45, 2.75) is 71.3 Å². The Morgan fingerprint density at radius 1 is 1.25 bits per heavy atom. The summed E-state index contributed by atoms with van der Waals surface area (Å²) in [6.07, 6.45) is 13.2. The second-order valence-corrected chi connectivity index (χ2v) is 8.69. The number of aliphatic hydroxyl groups is 2. The average molecular weight is 331 g/mol. The van der Waals surface area contributed by atoms with Crippen molar-refractivity contribution in [3.05, 3.63) is 35.5 Å². The van der Waals surface area contributed by atoms with Gasteiger partial charge in [-0.3, -0.25) is 0 Å². The van der Waals surface area contributed by atoms with Crippen LogP contribution in [0, 0.1) is 23.2 Å². The van der Waals surface area contributed by atoms with Crippen LogP contribution in [0.4, 0.5) is 0 Å². The molecule has 2 N–H and O–H groups in total. The van der Waals surface area contributed by atoms with Gasteiger partial charge in [-0.25, -0.2) is 0 Å². The van der Waals surface area contributed by atoms with Gasteiger partial charge in [0.25, 0.3) is 0 Å². The molecular formula is C22H34O2. The van der Waals surface area contributed by atoms with Gasteiger partial charge in [-0.1, -0.05) is 43.7 Å². The van der Waals surface area contributed by atoms with Crippen molar-refractivity contribution < 1.29 is 10.2 Å². The van der Waals surface area contributed by atoms with E-state index < -0.39 is 0 Å². The summed E-state index contributed by atoms with van der Waals surface area (Å²) in [5.74, 6) is 1.73. The van der Waals surface area contributed by atoms with E-state index in [2.05, 4.69) is 32.6 Å². The van der Waals surface area contributed by atoms with Crippen LogP contribution >= 0.6 is 0 Å². The molecular weight excluding hydrogens is 296 g/mol. The van der Waals surface area contributed by atoms with Crippen LogP contribution in [-0.4, -0.2) is 22.9 Å². The molecule has 3 fully saturated rings. The van der Waals surface area contributed by atoms with E-state index >= 15 is 0 Å². The fourth-order valence-corrected chi connectivity index (χ4v) is 5.74. The van der Waals surface area contributed by atoms with Crippen molar-refractivity contribution in [3.63, 3.8) is 0 Å². The molecule has 0 radical (unpaired) electrons. The van der Waals surface area contributed by atoms with Gasteiger partial charge in [0.1, 0.15) is 0 Å². The molecule has 0 aromatic heterocycles. The standard InChI is InChI=1S/C22H34O2/c1-15-6-9-19(24)13-18(15)8-7-17-5-4-12-22(3)20(16(2)14-23)10-11-21(17)22/h7-8,16,19-21,23-24H,1,4-6,9-14H2,2-3H3/b17-7+,18-8+/t16-,19+,20-,21+,22-/m1/s1. The van der Waals surface area contributed by atoms with Crippen molar-refractivity contribution in [1.29, 1.82) is 0 Å². The van der Waals surface area contributed by atoms with Gasteiger partial charge in [-0.2, -0.15) is 0 Å². The Bertz CT molecular complexity index is 544. The maximum atomic E-state index is 9.92. The van der Waals surface area contributed by atoms with Gasteiger partial charge in [0.15, 0.2) is 0 Å². The Hall–Kier alpha value is -0.860. The van der Waals surface area contributed by atoms with E-state index in [1.807, 2.05) is 0 Å². The number of hydrogen-bond donors (Lipinski definition) is 2. The summed E-state index contributed by atoms with van der Waals surface area (Å²) in [7, 11) is 0. The molecule has 3 saturated carbocycles. The number of fused-ring (bicyclic) bond motifs is 1. The van der Waals surface area contributed by atoms with Gasteiger partial charge >= 0.3 is 0 Å². The predicted octanol–water partition coefficient (Wildman–Crippen LogP) is 4.79. The van der Waals surface area contributed by atoms with Crippen molar-refractivity contribution in [2.24, 2.45) is 23.2 Å². The smallest absolute Gasteiger partial charge is 0.0583 e. The van der Waals surface area contributed by atoms with E-state index in [1.54, 1.807) is 5.57 Å². The Morgan fingerprint density at radius 2 is 2.04 bits per heavy atom. The molecule has 0 unspecified atom stereocenters. The number of allylic oxidation sites excluding steroid dienone is 4. The third-order valence-electron chi connectivity index (χ3n) is 7.20. The molecule has 0 spiro atoms. The first-order chi connectivity index (χ1) is 11.5. The van der Waals surface area contributed by atoms with Crippen LogP contribution in [0.5, 0.6) is 0 Å². The van der Waals surface area contributed by atoms with Crippen molar-refractivity contribution in [1.82, 2.24) is 0 Å². The molecule has 0 aliphatic heterocycles. The van der Waals surface area contributed by atoms with Gasteiger partial charge in [0.05, 0.1) is 6.10 Å². The fourth-order valence-electron chi connectivity index (χ4n) is 5.74. The van der Waals surface area contributed by atoms with Crippen LogP contribution in [-0.2, 0) is 0 Å². The minimum Gasteiger partial charge on any atom is -0.396 e. The highest BCUT2D eigenvalue weighted by molar-refractivity contribution is 5.36. The van der Waals surface area contributed by atoms with Gasteiger partial charge in [0, 0.05) is 6.61 Å². The molecule has 24 heavy (non-hydrogen) atoms. The van der Waals surface area contributed by atoms with Gasteiger partial charge in [-0.15, -0.1) is 0 Å². The number of hydrogen-bond acceptors (Lipinski definition) is 2. The first kappa shape index (κ1) is 17.9. The van der Waals surface area contributed by atoms with Crippen LogP contribution in [0.3, 0.4) is 0 Å². The predicted molar refractivity (Wildman–Crippen MR) is 99.6 cm³/mol. The second-order valence-electron chi connectivity index (χ2n) is 8.69. The Kier molecular flexibility index (Phi) is 5.36. The molecule has 0 saturated heterocycles. The normalized spacial score (nSPS) is 41.7. The Balaban J connectivity index is 1.81. The zero-order valence-corrected chi connectivity index (χ0v) is 15.4. The van der Waals surface area contributed by atoms with Gasteiger partial charge < -0.3 is 10.2 Å². The van der Waals surface area contributed by atoms with Crippen LogP contribution < -0.4 is 0 Å². The first-order valence-corrected chi connectivity index (χ1v) is 9.82. The van der Waals surface area contributed by atoms with E-state index in [9.17, 15) is 10.2 Å².